The third kappa shape index (κ3) is 3.96. The summed E-state index contributed by atoms with van der Waals surface area (Å²) in [6.45, 7) is 6.11. The van der Waals surface area contributed by atoms with Gasteiger partial charge in [0.15, 0.2) is 6.61 Å². The van der Waals surface area contributed by atoms with Crippen molar-refractivity contribution >= 4 is 16.7 Å². The van der Waals surface area contributed by atoms with Crippen LogP contribution in [0.1, 0.15) is 37.4 Å². The first-order valence-corrected chi connectivity index (χ1v) is 9.60. The van der Waals surface area contributed by atoms with Crippen molar-refractivity contribution < 1.29 is 14.3 Å². The van der Waals surface area contributed by atoms with E-state index in [1.165, 1.54) is 0 Å². The van der Waals surface area contributed by atoms with E-state index < -0.39 is 0 Å². The summed E-state index contributed by atoms with van der Waals surface area (Å²) in [5, 5.41) is 5.36. The number of carbonyl (C=O) groups is 1. The highest BCUT2D eigenvalue weighted by Crippen LogP contribution is 2.39. The standard InChI is InChI=1S/C24H25NO3/c1-16-8-11-22-20(12-16)21(14-24(2,3)28-22)25-23(26)15-27-19-10-9-17-6-4-5-7-18(17)13-19/h4-13,21H,14-15H2,1-3H3,(H,25,26)/t21-/m0/s1. The fourth-order valence-electron chi connectivity index (χ4n) is 3.74. The molecule has 1 heterocycles. The Morgan fingerprint density at radius 3 is 2.71 bits per heavy atom. The lowest BCUT2D eigenvalue weighted by Gasteiger charge is -2.38. The highest BCUT2D eigenvalue weighted by Gasteiger charge is 2.34. The van der Waals surface area contributed by atoms with E-state index in [0.29, 0.717) is 12.2 Å². The molecule has 28 heavy (non-hydrogen) atoms. The van der Waals surface area contributed by atoms with Crippen molar-refractivity contribution in [3.63, 3.8) is 0 Å². The second-order valence-electron chi connectivity index (χ2n) is 8.02. The molecule has 1 N–H and O–H groups in total. The summed E-state index contributed by atoms with van der Waals surface area (Å²) in [7, 11) is 0. The lowest BCUT2D eigenvalue weighted by Crippen LogP contribution is -2.42. The summed E-state index contributed by atoms with van der Waals surface area (Å²) in [5.74, 6) is 1.39. The van der Waals surface area contributed by atoms with Crippen LogP contribution in [-0.2, 0) is 4.79 Å². The van der Waals surface area contributed by atoms with E-state index in [2.05, 4.69) is 17.4 Å². The molecule has 4 rings (SSSR count). The predicted molar refractivity (Wildman–Crippen MR) is 111 cm³/mol. The van der Waals surface area contributed by atoms with Crippen molar-refractivity contribution in [1.29, 1.82) is 0 Å². The smallest absolute Gasteiger partial charge is 0.258 e. The van der Waals surface area contributed by atoms with Crippen molar-refractivity contribution in [3.8, 4) is 11.5 Å². The predicted octanol–water partition coefficient (Wildman–Crippen LogP) is 4.95. The number of ether oxygens (including phenoxy) is 2. The van der Waals surface area contributed by atoms with Crippen molar-refractivity contribution in [1.82, 2.24) is 5.32 Å². The minimum absolute atomic E-state index is 0.0166. The molecule has 144 valence electrons. The average Bonchev–Trinajstić information content (AvgIpc) is 2.66. The Hall–Kier alpha value is -3.01. The molecule has 1 aliphatic heterocycles. The first-order valence-electron chi connectivity index (χ1n) is 9.60. The van der Waals surface area contributed by atoms with E-state index in [1.807, 2.05) is 69.3 Å². The number of nitrogens with one attached hydrogen (secondary N) is 1. The van der Waals surface area contributed by atoms with Crippen LogP contribution in [0.2, 0.25) is 0 Å². The molecule has 0 aromatic heterocycles. The highest BCUT2D eigenvalue weighted by molar-refractivity contribution is 5.84. The van der Waals surface area contributed by atoms with Crippen LogP contribution in [0.5, 0.6) is 11.5 Å². The monoisotopic (exact) mass is 375 g/mol. The molecule has 3 aromatic rings. The maximum Gasteiger partial charge on any atom is 0.258 e. The van der Waals surface area contributed by atoms with Gasteiger partial charge in [0.2, 0.25) is 0 Å². The van der Waals surface area contributed by atoms with Gasteiger partial charge in [-0.05, 0) is 49.7 Å². The van der Waals surface area contributed by atoms with Crippen LogP contribution in [-0.4, -0.2) is 18.1 Å². The molecular formula is C24H25NO3. The Balaban J connectivity index is 1.45. The lowest BCUT2D eigenvalue weighted by atomic mass is 9.89. The van der Waals surface area contributed by atoms with Crippen LogP contribution < -0.4 is 14.8 Å². The third-order valence-corrected chi connectivity index (χ3v) is 5.05. The van der Waals surface area contributed by atoms with Gasteiger partial charge >= 0.3 is 0 Å². The van der Waals surface area contributed by atoms with Crippen molar-refractivity contribution in [3.05, 3.63) is 71.8 Å². The fraction of sp³-hybridized carbons (Fsp3) is 0.292. The van der Waals surface area contributed by atoms with Gasteiger partial charge < -0.3 is 14.8 Å². The van der Waals surface area contributed by atoms with Crippen LogP contribution >= 0.6 is 0 Å². The summed E-state index contributed by atoms with van der Waals surface area (Å²) in [5.41, 5.74) is 1.84. The number of hydrogen-bond acceptors (Lipinski definition) is 3. The van der Waals surface area contributed by atoms with Crippen LogP contribution in [0.3, 0.4) is 0 Å². The Kier molecular flexibility index (Phi) is 4.71. The maximum atomic E-state index is 12.6. The van der Waals surface area contributed by atoms with Gasteiger partial charge in [0, 0.05) is 12.0 Å². The fourth-order valence-corrected chi connectivity index (χ4v) is 3.74. The minimum atomic E-state index is -0.334. The summed E-state index contributed by atoms with van der Waals surface area (Å²) >= 11 is 0. The molecular weight excluding hydrogens is 350 g/mol. The lowest BCUT2D eigenvalue weighted by molar-refractivity contribution is -0.124. The minimum Gasteiger partial charge on any atom is -0.487 e. The van der Waals surface area contributed by atoms with E-state index in [-0.39, 0.29) is 24.2 Å². The summed E-state index contributed by atoms with van der Waals surface area (Å²) in [6.07, 6.45) is 0.713. The molecule has 1 aliphatic rings. The average molecular weight is 375 g/mol. The Morgan fingerprint density at radius 1 is 1.11 bits per heavy atom. The number of aryl methyl sites for hydroxylation is 1. The third-order valence-electron chi connectivity index (χ3n) is 5.05. The summed E-state index contributed by atoms with van der Waals surface area (Å²) in [4.78, 5) is 12.6. The van der Waals surface area contributed by atoms with Gasteiger partial charge in [-0.3, -0.25) is 4.79 Å². The number of hydrogen-bond donors (Lipinski definition) is 1. The van der Waals surface area contributed by atoms with E-state index in [1.54, 1.807) is 0 Å². The quantitative estimate of drug-likeness (QED) is 0.702. The molecule has 0 fully saturated rings. The molecule has 0 saturated heterocycles. The molecule has 1 atom stereocenters. The number of amides is 1. The van der Waals surface area contributed by atoms with Gasteiger partial charge in [-0.25, -0.2) is 0 Å². The second-order valence-corrected chi connectivity index (χ2v) is 8.02. The van der Waals surface area contributed by atoms with Crippen LogP contribution in [0.15, 0.2) is 60.7 Å². The van der Waals surface area contributed by atoms with Gasteiger partial charge in [-0.2, -0.15) is 0 Å². The number of carbonyl (C=O) groups excluding carboxylic acids is 1. The Morgan fingerprint density at radius 2 is 1.89 bits per heavy atom. The summed E-state index contributed by atoms with van der Waals surface area (Å²) in [6, 6.07) is 19.9. The molecule has 4 heteroatoms. The van der Waals surface area contributed by atoms with Crippen molar-refractivity contribution in [2.45, 2.75) is 38.8 Å². The largest absolute Gasteiger partial charge is 0.487 e. The number of rotatable bonds is 4. The van der Waals surface area contributed by atoms with Gasteiger partial charge in [0.05, 0.1) is 6.04 Å². The van der Waals surface area contributed by atoms with Gasteiger partial charge in [0.1, 0.15) is 17.1 Å². The SMILES string of the molecule is Cc1ccc2c(c1)[C@@H](NC(=O)COc1ccc3ccccc3c1)CC(C)(C)O2. The molecule has 0 spiro atoms. The van der Waals surface area contributed by atoms with Crippen molar-refractivity contribution in [2.24, 2.45) is 0 Å². The number of fused-ring (bicyclic) bond motifs is 2. The Bertz CT molecular complexity index is 1030. The highest BCUT2D eigenvalue weighted by atomic mass is 16.5. The molecule has 0 radical (unpaired) electrons. The van der Waals surface area contributed by atoms with E-state index in [9.17, 15) is 4.79 Å². The van der Waals surface area contributed by atoms with Gasteiger partial charge in [0.25, 0.3) is 5.91 Å². The molecule has 0 bridgehead atoms. The zero-order chi connectivity index (χ0) is 19.7. The topological polar surface area (TPSA) is 47.6 Å². The molecule has 1 amide bonds. The maximum absolute atomic E-state index is 12.6. The van der Waals surface area contributed by atoms with Crippen LogP contribution in [0, 0.1) is 6.92 Å². The second kappa shape index (κ2) is 7.19. The first-order chi connectivity index (χ1) is 13.4. The molecule has 4 nitrogen and oxygen atoms in total. The van der Waals surface area contributed by atoms with Gasteiger partial charge in [-0.15, -0.1) is 0 Å². The van der Waals surface area contributed by atoms with Crippen LogP contribution in [0.25, 0.3) is 10.8 Å². The summed E-state index contributed by atoms with van der Waals surface area (Å²) < 4.78 is 11.8. The zero-order valence-corrected chi connectivity index (χ0v) is 16.5. The number of benzene rings is 3. The molecule has 3 aromatic carbocycles. The van der Waals surface area contributed by atoms with E-state index in [4.69, 9.17) is 9.47 Å². The molecule has 0 unspecified atom stereocenters. The normalized spacial score (nSPS) is 17.5. The first kappa shape index (κ1) is 18.4. The van der Waals surface area contributed by atoms with Gasteiger partial charge in [-0.1, -0.05) is 48.0 Å². The van der Waals surface area contributed by atoms with Crippen LogP contribution in [0.4, 0.5) is 0 Å². The Labute approximate surface area is 165 Å². The van der Waals surface area contributed by atoms with Crippen molar-refractivity contribution in [2.75, 3.05) is 6.61 Å². The molecule has 0 saturated carbocycles. The van der Waals surface area contributed by atoms with E-state index >= 15 is 0 Å². The van der Waals surface area contributed by atoms with E-state index in [0.717, 1.165) is 27.6 Å². The zero-order valence-electron chi connectivity index (χ0n) is 16.5. The molecule has 0 aliphatic carbocycles.